The number of aldehydes is 1. The number of furan rings is 1. The second-order valence-electron chi connectivity index (χ2n) is 1.84. The van der Waals surface area contributed by atoms with E-state index in [9.17, 15) is 9.59 Å². The average molecular weight is 150 g/mol. The van der Waals surface area contributed by atoms with Gasteiger partial charge >= 0.3 is 0 Å². The summed E-state index contributed by atoms with van der Waals surface area (Å²) in [5, 5.41) is 0. The van der Waals surface area contributed by atoms with Crippen molar-refractivity contribution < 1.29 is 14.0 Å². The first-order valence-electron chi connectivity index (χ1n) is 3.04. The van der Waals surface area contributed by atoms with Crippen LogP contribution in [0.3, 0.4) is 0 Å². The summed E-state index contributed by atoms with van der Waals surface area (Å²) in [6.45, 7) is 0. The van der Waals surface area contributed by atoms with Crippen LogP contribution >= 0.6 is 0 Å². The number of carbonyl (C=O) groups is 2. The minimum absolute atomic E-state index is 0.239. The monoisotopic (exact) mass is 150 g/mol. The zero-order chi connectivity index (χ0) is 8.10. The minimum Gasteiger partial charge on any atom is -0.461 e. The molecule has 1 rings (SSSR count). The summed E-state index contributed by atoms with van der Waals surface area (Å²) in [5.74, 6) is -0.0646. The Morgan fingerprint density at radius 3 is 2.91 bits per heavy atom. The fourth-order valence-corrected chi connectivity index (χ4v) is 0.628. The summed E-state index contributed by atoms with van der Waals surface area (Å²) in [4.78, 5) is 20.7. The summed E-state index contributed by atoms with van der Waals surface area (Å²) in [6.07, 6.45) is 4.24. The molecule has 56 valence electrons. The lowest BCUT2D eigenvalue weighted by molar-refractivity contribution is -0.104. The van der Waals surface area contributed by atoms with Crippen molar-refractivity contribution in [2.24, 2.45) is 0 Å². The highest BCUT2D eigenvalue weighted by molar-refractivity contribution is 6.03. The van der Waals surface area contributed by atoms with Crippen LogP contribution in [-0.4, -0.2) is 12.1 Å². The van der Waals surface area contributed by atoms with E-state index in [-0.39, 0.29) is 11.5 Å². The minimum atomic E-state index is -0.304. The largest absolute Gasteiger partial charge is 0.461 e. The van der Waals surface area contributed by atoms with Crippen molar-refractivity contribution in [2.45, 2.75) is 0 Å². The van der Waals surface area contributed by atoms with Crippen LogP contribution in [0.15, 0.2) is 35.0 Å². The van der Waals surface area contributed by atoms with Gasteiger partial charge in [0.2, 0.25) is 5.78 Å². The Hall–Kier alpha value is -1.64. The van der Waals surface area contributed by atoms with Gasteiger partial charge in [0, 0.05) is 0 Å². The van der Waals surface area contributed by atoms with Gasteiger partial charge < -0.3 is 4.42 Å². The first kappa shape index (κ1) is 7.47. The topological polar surface area (TPSA) is 47.3 Å². The van der Waals surface area contributed by atoms with E-state index >= 15 is 0 Å². The molecule has 0 radical (unpaired) electrons. The molecule has 11 heavy (non-hydrogen) atoms. The number of rotatable bonds is 3. The maximum atomic E-state index is 10.9. The van der Waals surface area contributed by atoms with Gasteiger partial charge in [0.25, 0.3) is 0 Å². The van der Waals surface area contributed by atoms with Gasteiger partial charge in [-0.15, -0.1) is 0 Å². The zero-order valence-corrected chi connectivity index (χ0v) is 5.69. The fraction of sp³-hybridized carbons (Fsp3) is 0. The van der Waals surface area contributed by atoms with Gasteiger partial charge in [-0.05, 0) is 24.3 Å². The SMILES string of the molecule is O=CC=CC(=O)c1ccco1. The molecule has 1 aromatic rings. The average Bonchev–Trinajstić information content (AvgIpc) is 2.52. The molecule has 3 nitrogen and oxygen atoms in total. The molecule has 0 unspecified atom stereocenters. The third-order valence-corrected chi connectivity index (χ3v) is 1.09. The van der Waals surface area contributed by atoms with Gasteiger partial charge in [0.15, 0.2) is 5.76 Å². The fourth-order valence-electron chi connectivity index (χ4n) is 0.628. The molecule has 0 aliphatic rings. The first-order valence-corrected chi connectivity index (χ1v) is 3.04. The Kier molecular flexibility index (Phi) is 2.38. The van der Waals surface area contributed by atoms with Crippen LogP contribution in [0.2, 0.25) is 0 Å². The van der Waals surface area contributed by atoms with Crippen molar-refractivity contribution in [3.63, 3.8) is 0 Å². The third kappa shape index (κ3) is 1.89. The van der Waals surface area contributed by atoms with Crippen LogP contribution in [0.1, 0.15) is 10.6 Å². The quantitative estimate of drug-likeness (QED) is 0.369. The van der Waals surface area contributed by atoms with E-state index in [1.165, 1.54) is 12.3 Å². The molecule has 0 fully saturated rings. The first-order chi connectivity index (χ1) is 5.34. The molecule has 0 saturated heterocycles. The van der Waals surface area contributed by atoms with E-state index in [1.54, 1.807) is 6.07 Å². The Morgan fingerprint density at radius 1 is 1.55 bits per heavy atom. The highest BCUT2D eigenvalue weighted by atomic mass is 16.3. The van der Waals surface area contributed by atoms with E-state index in [0.717, 1.165) is 12.2 Å². The van der Waals surface area contributed by atoms with Crippen LogP contribution < -0.4 is 0 Å². The Morgan fingerprint density at radius 2 is 2.36 bits per heavy atom. The maximum Gasteiger partial charge on any atom is 0.221 e. The Labute approximate surface area is 63.3 Å². The van der Waals surface area contributed by atoms with Crippen molar-refractivity contribution in [3.05, 3.63) is 36.3 Å². The van der Waals surface area contributed by atoms with E-state index < -0.39 is 0 Å². The molecule has 3 heteroatoms. The summed E-state index contributed by atoms with van der Waals surface area (Å²) in [7, 11) is 0. The summed E-state index contributed by atoms with van der Waals surface area (Å²) in [6, 6.07) is 3.15. The second kappa shape index (κ2) is 3.51. The number of hydrogen-bond acceptors (Lipinski definition) is 3. The lowest BCUT2D eigenvalue weighted by Gasteiger charge is -1.83. The number of hydrogen-bond donors (Lipinski definition) is 0. The Bertz CT molecular complexity index is 270. The number of ketones is 1. The smallest absolute Gasteiger partial charge is 0.221 e. The van der Waals surface area contributed by atoms with Crippen LogP contribution in [0.4, 0.5) is 0 Å². The standard InChI is InChI=1S/C8H6O3/c9-5-1-3-7(10)8-4-2-6-11-8/h1-6H. The lowest BCUT2D eigenvalue weighted by Crippen LogP contribution is -1.90. The zero-order valence-electron chi connectivity index (χ0n) is 5.69. The molecule has 0 N–H and O–H groups in total. The van der Waals surface area contributed by atoms with Crippen LogP contribution in [0.25, 0.3) is 0 Å². The van der Waals surface area contributed by atoms with Gasteiger partial charge in [-0.25, -0.2) is 0 Å². The molecule has 1 heterocycles. The molecule has 0 saturated carbocycles. The normalized spacial score (nSPS) is 10.2. The van der Waals surface area contributed by atoms with Gasteiger partial charge in [-0.1, -0.05) is 0 Å². The van der Waals surface area contributed by atoms with E-state index in [1.807, 2.05) is 0 Å². The third-order valence-electron chi connectivity index (χ3n) is 1.09. The van der Waals surface area contributed by atoms with Crippen molar-refractivity contribution in [1.82, 2.24) is 0 Å². The molecule has 0 spiro atoms. The highest BCUT2D eigenvalue weighted by Crippen LogP contribution is 2.01. The van der Waals surface area contributed by atoms with Crippen LogP contribution in [-0.2, 0) is 4.79 Å². The van der Waals surface area contributed by atoms with Crippen LogP contribution in [0, 0.1) is 0 Å². The molecule has 0 aromatic carbocycles. The van der Waals surface area contributed by atoms with Crippen molar-refractivity contribution in [2.75, 3.05) is 0 Å². The highest BCUT2D eigenvalue weighted by Gasteiger charge is 2.02. The predicted molar refractivity (Wildman–Crippen MR) is 38.2 cm³/mol. The lowest BCUT2D eigenvalue weighted by atomic mass is 10.3. The molecule has 0 aliphatic heterocycles. The molecular formula is C8H6O3. The number of allylic oxidation sites excluding steroid dienone is 2. The van der Waals surface area contributed by atoms with E-state index in [0.29, 0.717) is 6.29 Å². The Balaban J connectivity index is 2.71. The van der Waals surface area contributed by atoms with Crippen molar-refractivity contribution >= 4 is 12.1 Å². The molecular weight excluding hydrogens is 144 g/mol. The molecule has 0 atom stereocenters. The van der Waals surface area contributed by atoms with Crippen molar-refractivity contribution in [3.8, 4) is 0 Å². The van der Waals surface area contributed by atoms with Gasteiger partial charge in [0.1, 0.15) is 6.29 Å². The van der Waals surface area contributed by atoms with Crippen molar-refractivity contribution in [1.29, 1.82) is 0 Å². The van der Waals surface area contributed by atoms with Gasteiger partial charge in [-0.2, -0.15) is 0 Å². The van der Waals surface area contributed by atoms with Crippen LogP contribution in [0.5, 0.6) is 0 Å². The predicted octanol–water partition coefficient (Wildman–Crippen LogP) is 1.22. The molecule has 1 aromatic heterocycles. The molecule has 0 aliphatic carbocycles. The molecule has 0 amide bonds. The van der Waals surface area contributed by atoms with E-state index in [2.05, 4.69) is 0 Å². The summed E-state index contributed by atoms with van der Waals surface area (Å²) >= 11 is 0. The summed E-state index contributed by atoms with van der Waals surface area (Å²) in [5.41, 5.74) is 0. The summed E-state index contributed by atoms with van der Waals surface area (Å²) < 4.78 is 4.78. The second-order valence-corrected chi connectivity index (χ2v) is 1.84. The maximum absolute atomic E-state index is 10.9. The van der Waals surface area contributed by atoms with Gasteiger partial charge in [-0.3, -0.25) is 9.59 Å². The van der Waals surface area contributed by atoms with Gasteiger partial charge in [0.05, 0.1) is 6.26 Å². The molecule has 0 bridgehead atoms. The number of carbonyl (C=O) groups excluding carboxylic acids is 2. The van der Waals surface area contributed by atoms with E-state index in [4.69, 9.17) is 4.42 Å².